The Bertz CT molecular complexity index is 519. The van der Waals surface area contributed by atoms with Crippen LogP contribution in [-0.2, 0) is 0 Å². The molecule has 4 N–H and O–H groups in total. The Kier molecular flexibility index (Phi) is 3.27. The van der Waals surface area contributed by atoms with Crippen molar-refractivity contribution < 1.29 is 5.11 Å². The van der Waals surface area contributed by atoms with Crippen LogP contribution in [0.15, 0.2) is 22.7 Å². The van der Waals surface area contributed by atoms with Gasteiger partial charge < -0.3 is 15.7 Å². The standard InChI is InChI=1S/C14H18BrN3O/c15-11-5-8(14(16)17)1-3-12(11)18-6-9-2-4-13(19)10(9)7-18/h1,3,5,9-10,13,19H,2,4,6-7H2,(H3,16,17). The highest BCUT2D eigenvalue weighted by atomic mass is 79.9. The largest absolute Gasteiger partial charge is 0.393 e. The van der Waals surface area contributed by atoms with Crippen LogP contribution in [0.4, 0.5) is 5.69 Å². The second-order valence-electron chi connectivity index (χ2n) is 5.55. The predicted octanol–water partition coefficient (Wildman–Crippen LogP) is 1.94. The first-order valence-corrected chi connectivity index (χ1v) is 7.42. The van der Waals surface area contributed by atoms with E-state index < -0.39 is 0 Å². The molecule has 0 aromatic heterocycles. The molecule has 1 aliphatic heterocycles. The van der Waals surface area contributed by atoms with E-state index >= 15 is 0 Å². The molecule has 0 spiro atoms. The maximum Gasteiger partial charge on any atom is 0.122 e. The van der Waals surface area contributed by atoms with E-state index in [0.29, 0.717) is 11.8 Å². The SMILES string of the molecule is N=C(N)c1ccc(N2CC3CCC(O)C3C2)c(Br)c1. The van der Waals surface area contributed by atoms with Crippen molar-refractivity contribution in [2.45, 2.75) is 18.9 Å². The molecule has 1 heterocycles. The fourth-order valence-electron chi connectivity index (χ4n) is 3.36. The van der Waals surface area contributed by atoms with Crippen LogP contribution in [0.3, 0.4) is 0 Å². The fourth-order valence-corrected chi connectivity index (χ4v) is 3.99. The average Bonchev–Trinajstić information content (AvgIpc) is 2.92. The smallest absolute Gasteiger partial charge is 0.122 e. The summed E-state index contributed by atoms with van der Waals surface area (Å²) in [5, 5.41) is 17.4. The van der Waals surface area contributed by atoms with Gasteiger partial charge in [-0.25, -0.2) is 0 Å². The number of anilines is 1. The summed E-state index contributed by atoms with van der Waals surface area (Å²) < 4.78 is 0.967. The molecule has 3 rings (SSSR count). The van der Waals surface area contributed by atoms with Gasteiger partial charge in [0.25, 0.3) is 0 Å². The van der Waals surface area contributed by atoms with Gasteiger partial charge in [-0.2, -0.15) is 0 Å². The summed E-state index contributed by atoms with van der Waals surface area (Å²) in [4.78, 5) is 2.33. The number of amidine groups is 1. The fraction of sp³-hybridized carbons (Fsp3) is 0.500. The second-order valence-corrected chi connectivity index (χ2v) is 6.41. The third-order valence-electron chi connectivity index (χ3n) is 4.42. The minimum atomic E-state index is -0.134. The first kappa shape index (κ1) is 12.9. The number of aliphatic hydroxyl groups excluding tert-OH is 1. The summed E-state index contributed by atoms with van der Waals surface area (Å²) in [6.45, 7) is 1.93. The number of nitrogens with two attached hydrogens (primary N) is 1. The van der Waals surface area contributed by atoms with Crippen LogP contribution in [0.25, 0.3) is 0 Å². The molecule has 4 nitrogen and oxygen atoms in total. The molecule has 19 heavy (non-hydrogen) atoms. The van der Waals surface area contributed by atoms with E-state index in [-0.39, 0.29) is 11.9 Å². The van der Waals surface area contributed by atoms with Gasteiger partial charge in [-0.15, -0.1) is 0 Å². The van der Waals surface area contributed by atoms with Crippen molar-refractivity contribution in [1.29, 1.82) is 5.41 Å². The van der Waals surface area contributed by atoms with Crippen molar-refractivity contribution in [1.82, 2.24) is 0 Å². The van der Waals surface area contributed by atoms with Crippen LogP contribution in [0.1, 0.15) is 18.4 Å². The lowest BCUT2D eigenvalue weighted by Crippen LogP contribution is -2.24. The van der Waals surface area contributed by atoms with E-state index in [2.05, 4.69) is 20.8 Å². The van der Waals surface area contributed by atoms with E-state index in [1.807, 2.05) is 18.2 Å². The van der Waals surface area contributed by atoms with E-state index in [9.17, 15) is 5.11 Å². The molecule has 1 aromatic rings. The number of benzene rings is 1. The van der Waals surface area contributed by atoms with Gasteiger partial charge in [0, 0.05) is 29.0 Å². The number of aliphatic hydroxyl groups is 1. The Balaban J connectivity index is 1.82. The molecule has 1 aliphatic carbocycles. The summed E-state index contributed by atoms with van der Waals surface area (Å²) in [6.07, 6.45) is 1.95. The van der Waals surface area contributed by atoms with E-state index in [4.69, 9.17) is 11.1 Å². The third-order valence-corrected chi connectivity index (χ3v) is 5.05. The van der Waals surface area contributed by atoms with Gasteiger partial charge in [0.1, 0.15) is 5.84 Å². The first-order chi connectivity index (χ1) is 9.06. The molecule has 5 heteroatoms. The van der Waals surface area contributed by atoms with Crippen LogP contribution in [0.5, 0.6) is 0 Å². The number of rotatable bonds is 2. The van der Waals surface area contributed by atoms with Crippen molar-refractivity contribution in [3.8, 4) is 0 Å². The molecule has 2 fully saturated rings. The van der Waals surface area contributed by atoms with Crippen molar-refractivity contribution in [2.75, 3.05) is 18.0 Å². The molecule has 102 valence electrons. The Morgan fingerprint density at radius 3 is 2.79 bits per heavy atom. The third kappa shape index (κ3) is 2.25. The summed E-state index contributed by atoms with van der Waals surface area (Å²) in [5.41, 5.74) is 7.36. The van der Waals surface area contributed by atoms with Crippen LogP contribution in [0, 0.1) is 17.2 Å². The van der Waals surface area contributed by atoms with Crippen molar-refractivity contribution >= 4 is 27.5 Å². The summed E-state index contributed by atoms with van der Waals surface area (Å²) >= 11 is 3.56. The minimum absolute atomic E-state index is 0.0842. The van der Waals surface area contributed by atoms with E-state index in [1.54, 1.807) is 0 Å². The van der Waals surface area contributed by atoms with Gasteiger partial charge in [-0.05, 0) is 52.9 Å². The molecule has 0 amide bonds. The van der Waals surface area contributed by atoms with Gasteiger partial charge in [-0.1, -0.05) is 0 Å². The van der Waals surface area contributed by atoms with Crippen LogP contribution in [-0.4, -0.2) is 30.1 Å². The number of halogens is 1. The maximum atomic E-state index is 9.97. The summed E-state index contributed by atoms with van der Waals surface area (Å²) in [6, 6.07) is 5.78. The lowest BCUT2D eigenvalue weighted by Gasteiger charge is -2.22. The molecule has 1 aromatic carbocycles. The van der Waals surface area contributed by atoms with E-state index in [1.165, 1.54) is 0 Å². The van der Waals surface area contributed by atoms with Gasteiger partial charge in [0.2, 0.25) is 0 Å². The lowest BCUT2D eigenvalue weighted by atomic mass is 10.00. The zero-order valence-electron chi connectivity index (χ0n) is 10.6. The normalized spacial score (nSPS) is 29.6. The van der Waals surface area contributed by atoms with Crippen molar-refractivity contribution in [3.05, 3.63) is 28.2 Å². The first-order valence-electron chi connectivity index (χ1n) is 6.63. The van der Waals surface area contributed by atoms with Crippen LogP contribution < -0.4 is 10.6 Å². The molecule has 2 aliphatic rings. The molecule has 1 saturated carbocycles. The number of nitrogens with one attached hydrogen (secondary N) is 1. The monoisotopic (exact) mass is 323 g/mol. The van der Waals surface area contributed by atoms with Gasteiger partial charge in [0.15, 0.2) is 0 Å². The summed E-state index contributed by atoms with van der Waals surface area (Å²) in [5.74, 6) is 1.12. The highest BCUT2D eigenvalue weighted by Crippen LogP contribution is 2.41. The molecule has 3 unspecified atom stereocenters. The van der Waals surface area contributed by atoms with Gasteiger partial charge >= 0.3 is 0 Å². The highest BCUT2D eigenvalue weighted by Gasteiger charge is 2.42. The molecule has 0 bridgehead atoms. The quantitative estimate of drug-likeness (QED) is 0.575. The maximum absolute atomic E-state index is 9.97. The zero-order valence-corrected chi connectivity index (χ0v) is 12.2. The van der Waals surface area contributed by atoms with Gasteiger partial charge in [0.05, 0.1) is 11.8 Å². The number of nitrogens with zero attached hydrogens (tertiary/aromatic N) is 1. The number of hydrogen-bond donors (Lipinski definition) is 3. The second kappa shape index (κ2) is 4.80. The van der Waals surface area contributed by atoms with Crippen LogP contribution >= 0.6 is 15.9 Å². The summed E-state index contributed by atoms with van der Waals surface area (Å²) in [7, 11) is 0. The van der Waals surface area contributed by atoms with Gasteiger partial charge in [-0.3, -0.25) is 5.41 Å². The Labute approximate surface area is 121 Å². The Morgan fingerprint density at radius 1 is 1.37 bits per heavy atom. The predicted molar refractivity (Wildman–Crippen MR) is 79.6 cm³/mol. The molecule has 1 saturated heterocycles. The molecular formula is C14H18BrN3O. The molecule has 0 radical (unpaired) electrons. The van der Waals surface area contributed by atoms with Crippen molar-refractivity contribution in [3.63, 3.8) is 0 Å². The topological polar surface area (TPSA) is 73.3 Å². The number of nitrogen functional groups attached to an aromatic ring is 1. The Morgan fingerprint density at radius 2 is 2.16 bits per heavy atom. The lowest BCUT2D eigenvalue weighted by molar-refractivity contribution is 0.133. The zero-order chi connectivity index (χ0) is 13.6. The average molecular weight is 324 g/mol. The van der Waals surface area contributed by atoms with Crippen molar-refractivity contribution in [2.24, 2.45) is 17.6 Å². The van der Waals surface area contributed by atoms with Crippen LogP contribution in [0.2, 0.25) is 0 Å². The van der Waals surface area contributed by atoms with E-state index in [0.717, 1.165) is 41.7 Å². The molecular weight excluding hydrogens is 306 g/mol. The molecule has 3 atom stereocenters. The Hall–Kier alpha value is -1.07. The minimum Gasteiger partial charge on any atom is -0.393 e. The number of fused-ring (bicyclic) bond motifs is 1. The number of hydrogen-bond acceptors (Lipinski definition) is 3. The highest BCUT2D eigenvalue weighted by molar-refractivity contribution is 9.10.